The van der Waals surface area contributed by atoms with E-state index in [1.165, 1.54) is 0 Å². The predicted molar refractivity (Wildman–Crippen MR) is 99.1 cm³/mol. The molecule has 2 rings (SSSR count). The number of pyridine rings is 1. The number of hydrogen-bond acceptors (Lipinski definition) is 6. The third-order valence-corrected chi connectivity index (χ3v) is 4.05. The van der Waals surface area contributed by atoms with Gasteiger partial charge in [0.1, 0.15) is 0 Å². The van der Waals surface area contributed by atoms with E-state index in [1.54, 1.807) is 62.5 Å². The zero-order valence-electron chi connectivity index (χ0n) is 15.5. The molecule has 0 spiro atoms. The molecule has 2 aromatic rings. The number of aromatic nitrogens is 1. The van der Waals surface area contributed by atoms with Crippen LogP contribution in [0.2, 0.25) is 0 Å². The Morgan fingerprint density at radius 1 is 0.889 bits per heavy atom. The molecule has 0 fully saturated rings. The fraction of sp³-hybridized carbons (Fsp3) is 0.333. The highest BCUT2D eigenvalue weighted by Gasteiger charge is 2.40. The van der Waals surface area contributed by atoms with Gasteiger partial charge in [0, 0.05) is 29.8 Å². The van der Waals surface area contributed by atoms with E-state index in [0.717, 1.165) is 0 Å². The van der Waals surface area contributed by atoms with Gasteiger partial charge in [-0.05, 0) is 26.0 Å². The van der Waals surface area contributed by atoms with E-state index >= 15 is 0 Å². The molecule has 0 amide bonds. The first kappa shape index (κ1) is 20.3. The summed E-state index contributed by atoms with van der Waals surface area (Å²) in [7, 11) is 0. The summed E-state index contributed by atoms with van der Waals surface area (Å²) in [4.78, 5) is 42.1. The molecule has 1 aromatic heterocycles. The molecule has 0 aliphatic heterocycles. The molecule has 0 aliphatic rings. The summed E-state index contributed by atoms with van der Waals surface area (Å²) in [6, 6.07) is 13.9. The minimum atomic E-state index is -1.26. The monoisotopic (exact) mass is 369 g/mol. The first-order chi connectivity index (χ1) is 13.1. The minimum Gasteiger partial charge on any atom is -0.465 e. The van der Waals surface area contributed by atoms with Gasteiger partial charge in [-0.2, -0.15) is 0 Å². The highest BCUT2D eigenvalue weighted by atomic mass is 16.6. The lowest BCUT2D eigenvalue weighted by atomic mass is 9.83. The van der Waals surface area contributed by atoms with Crippen LogP contribution in [-0.2, 0) is 19.1 Å². The molecule has 0 saturated carbocycles. The Bertz CT molecular complexity index is 743. The van der Waals surface area contributed by atoms with Gasteiger partial charge in [0.05, 0.1) is 13.2 Å². The molecule has 0 aliphatic carbocycles. The number of nitrogens with zero attached hydrogens (tertiary/aromatic N) is 1. The van der Waals surface area contributed by atoms with Crippen LogP contribution >= 0.6 is 0 Å². The molecule has 1 heterocycles. The lowest BCUT2D eigenvalue weighted by Crippen LogP contribution is -2.35. The van der Waals surface area contributed by atoms with Gasteiger partial charge in [0.25, 0.3) is 0 Å². The van der Waals surface area contributed by atoms with Gasteiger partial charge in [0.15, 0.2) is 11.7 Å². The van der Waals surface area contributed by atoms with Crippen molar-refractivity contribution in [3.8, 4) is 0 Å². The molecular formula is C21H23NO5. The Labute approximate surface area is 158 Å². The van der Waals surface area contributed by atoms with Crippen LogP contribution < -0.4 is 0 Å². The molecule has 27 heavy (non-hydrogen) atoms. The third kappa shape index (κ3) is 5.48. The highest BCUT2D eigenvalue weighted by Crippen LogP contribution is 2.30. The van der Waals surface area contributed by atoms with Crippen molar-refractivity contribution in [2.75, 3.05) is 13.2 Å². The van der Waals surface area contributed by atoms with E-state index in [1.807, 2.05) is 6.07 Å². The van der Waals surface area contributed by atoms with Crippen molar-refractivity contribution in [2.45, 2.75) is 26.2 Å². The lowest BCUT2D eigenvalue weighted by molar-refractivity contribution is -0.162. The van der Waals surface area contributed by atoms with Crippen molar-refractivity contribution in [3.05, 3.63) is 66.0 Å². The summed E-state index contributed by atoms with van der Waals surface area (Å²) in [6.45, 7) is 3.56. The van der Waals surface area contributed by atoms with Crippen LogP contribution in [0.5, 0.6) is 0 Å². The van der Waals surface area contributed by atoms with E-state index in [2.05, 4.69) is 4.98 Å². The average molecular weight is 369 g/mol. The number of rotatable bonds is 9. The second-order valence-electron chi connectivity index (χ2n) is 5.84. The Kier molecular flexibility index (Phi) is 7.67. The number of ketones is 1. The third-order valence-electron chi connectivity index (χ3n) is 4.05. The standard InChI is InChI=1S/C21H23NO5/c1-3-26-20(24)19(21(25)27-4-2)16(17-12-8-9-13-22-17)14-18(23)15-10-6-5-7-11-15/h5-13,16,19H,3-4,14H2,1-2H3/t16-/m0/s1. The maximum Gasteiger partial charge on any atom is 0.321 e. The fourth-order valence-corrected chi connectivity index (χ4v) is 2.82. The van der Waals surface area contributed by atoms with Gasteiger partial charge in [-0.25, -0.2) is 0 Å². The Balaban J connectivity index is 2.40. The van der Waals surface area contributed by atoms with Crippen molar-refractivity contribution in [1.29, 1.82) is 0 Å². The number of esters is 2. The van der Waals surface area contributed by atoms with E-state index in [4.69, 9.17) is 9.47 Å². The number of carbonyl (C=O) groups excluding carboxylic acids is 3. The second kappa shape index (κ2) is 10.2. The topological polar surface area (TPSA) is 82.6 Å². The second-order valence-corrected chi connectivity index (χ2v) is 5.84. The predicted octanol–water partition coefficient (Wildman–Crippen LogP) is 3.18. The molecule has 0 unspecified atom stereocenters. The van der Waals surface area contributed by atoms with Crippen molar-refractivity contribution in [1.82, 2.24) is 4.98 Å². The molecule has 1 atom stereocenters. The van der Waals surface area contributed by atoms with Crippen LogP contribution in [-0.4, -0.2) is 35.9 Å². The minimum absolute atomic E-state index is 0.0661. The summed E-state index contributed by atoms with van der Waals surface area (Å²) in [5.41, 5.74) is 0.970. The zero-order valence-corrected chi connectivity index (χ0v) is 15.5. The van der Waals surface area contributed by atoms with Gasteiger partial charge < -0.3 is 9.47 Å². The van der Waals surface area contributed by atoms with Crippen molar-refractivity contribution in [3.63, 3.8) is 0 Å². The van der Waals surface area contributed by atoms with Gasteiger partial charge in [-0.15, -0.1) is 0 Å². The molecule has 142 valence electrons. The Morgan fingerprint density at radius 2 is 1.48 bits per heavy atom. The van der Waals surface area contributed by atoms with Gasteiger partial charge in [-0.1, -0.05) is 36.4 Å². The summed E-state index contributed by atoms with van der Waals surface area (Å²) in [5.74, 6) is -3.66. The number of ether oxygens (including phenoxy) is 2. The van der Waals surface area contributed by atoms with Gasteiger partial charge in [0.2, 0.25) is 0 Å². The molecule has 6 nitrogen and oxygen atoms in total. The van der Waals surface area contributed by atoms with Crippen molar-refractivity contribution < 1.29 is 23.9 Å². The molecule has 0 N–H and O–H groups in total. The van der Waals surface area contributed by atoms with Crippen LogP contribution in [0.15, 0.2) is 54.7 Å². The molecule has 0 radical (unpaired) electrons. The van der Waals surface area contributed by atoms with Gasteiger partial charge in [-0.3, -0.25) is 19.4 Å². The van der Waals surface area contributed by atoms with E-state index in [0.29, 0.717) is 11.3 Å². The summed E-state index contributed by atoms with van der Waals surface area (Å²) < 4.78 is 10.2. The van der Waals surface area contributed by atoms with Crippen LogP contribution in [0.4, 0.5) is 0 Å². The smallest absolute Gasteiger partial charge is 0.321 e. The van der Waals surface area contributed by atoms with Crippen molar-refractivity contribution >= 4 is 17.7 Å². The Hall–Kier alpha value is -3.02. The van der Waals surface area contributed by atoms with E-state index < -0.39 is 23.8 Å². The summed E-state index contributed by atoms with van der Waals surface area (Å²) >= 11 is 0. The van der Waals surface area contributed by atoms with Crippen LogP contribution in [0.25, 0.3) is 0 Å². The molecule has 0 saturated heterocycles. The number of Topliss-reactive ketones (excluding diaryl/α,β-unsaturated/α-hetero) is 1. The van der Waals surface area contributed by atoms with E-state index in [-0.39, 0.29) is 25.4 Å². The SMILES string of the molecule is CCOC(=O)C(C(=O)OCC)[C@@H](CC(=O)c1ccccc1)c1ccccn1. The highest BCUT2D eigenvalue weighted by molar-refractivity contribution is 6.00. The number of carbonyl (C=O) groups is 3. The first-order valence-corrected chi connectivity index (χ1v) is 8.90. The van der Waals surface area contributed by atoms with Crippen LogP contribution in [0.3, 0.4) is 0 Å². The molecular weight excluding hydrogens is 346 g/mol. The van der Waals surface area contributed by atoms with Gasteiger partial charge >= 0.3 is 11.9 Å². The summed E-state index contributed by atoms with van der Waals surface area (Å²) in [5, 5.41) is 0. The Morgan fingerprint density at radius 3 is 2.00 bits per heavy atom. The fourth-order valence-electron chi connectivity index (χ4n) is 2.82. The maximum atomic E-state index is 12.8. The zero-order chi connectivity index (χ0) is 19.6. The van der Waals surface area contributed by atoms with Crippen molar-refractivity contribution in [2.24, 2.45) is 5.92 Å². The normalized spacial score (nSPS) is 11.7. The number of hydrogen-bond donors (Lipinski definition) is 0. The number of benzene rings is 1. The molecule has 1 aromatic carbocycles. The average Bonchev–Trinajstić information content (AvgIpc) is 2.69. The first-order valence-electron chi connectivity index (χ1n) is 8.90. The summed E-state index contributed by atoms with van der Waals surface area (Å²) in [6.07, 6.45) is 1.49. The van der Waals surface area contributed by atoms with E-state index in [9.17, 15) is 14.4 Å². The van der Waals surface area contributed by atoms with Crippen LogP contribution in [0, 0.1) is 5.92 Å². The lowest BCUT2D eigenvalue weighted by Gasteiger charge is -2.23. The van der Waals surface area contributed by atoms with Crippen LogP contribution in [0.1, 0.15) is 42.2 Å². The quantitative estimate of drug-likeness (QED) is 0.384. The maximum absolute atomic E-state index is 12.8. The molecule has 6 heteroatoms. The largest absolute Gasteiger partial charge is 0.465 e. The molecule has 0 bridgehead atoms.